The van der Waals surface area contributed by atoms with Crippen molar-refractivity contribution in [1.29, 1.82) is 0 Å². The lowest BCUT2D eigenvalue weighted by molar-refractivity contribution is -0.525. The van der Waals surface area contributed by atoms with Crippen LogP contribution in [0.25, 0.3) is 0 Å². The molecule has 3 N–H and O–H groups in total. The standard InChI is InChI=1S/C12H16N6O5/c1-17(2)12(19)23-9-5-4-8(6-10(9)22-3)7-14-15-11(13)16-18(20)21/h4-7H,1-3H3,(H3,13,15,16)/b14-7-. The number of guanidine groups is 1. The first-order valence-corrected chi connectivity index (χ1v) is 6.18. The van der Waals surface area contributed by atoms with Gasteiger partial charge in [0.1, 0.15) is 0 Å². The molecule has 0 aliphatic carbocycles. The minimum absolute atomic E-state index is 0.237. The summed E-state index contributed by atoms with van der Waals surface area (Å²) in [5.41, 5.74) is 7.40. The lowest BCUT2D eigenvalue weighted by Gasteiger charge is -2.13. The fourth-order valence-corrected chi connectivity index (χ4v) is 1.31. The average Bonchev–Trinajstić information content (AvgIpc) is 2.47. The Kier molecular flexibility index (Phi) is 6.28. The fraction of sp³-hybridized carbons (Fsp3) is 0.250. The Bertz CT molecular complexity index is 643. The predicted octanol–water partition coefficient (Wildman–Crippen LogP) is 0.185. The van der Waals surface area contributed by atoms with Gasteiger partial charge in [-0.25, -0.2) is 14.9 Å². The van der Waals surface area contributed by atoms with E-state index < -0.39 is 17.1 Å². The number of nitrogens with one attached hydrogen (secondary N) is 1. The molecule has 23 heavy (non-hydrogen) atoms. The Labute approximate surface area is 131 Å². The first-order chi connectivity index (χ1) is 10.8. The van der Waals surface area contributed by atoms with Gasteiger partial charge in [0.15, 0.2) is 16.5 Å². The highest BCUT2D eigenvalue weighted by molar-refractivity contribution is 5.83. The summed E-state index contributed by atoms with van der Waals surface area (Å²) >= 11 is 0. The van der Waals surface area contributed by atoms with Crippen LogP contribution >= 0.6 is 0 Å². The van der Waals surface area contributed by atoms with Crippen LogP contribution in [0.5, 0.6) is 11.5 Å². The smallest absolute Gasteiger partial charge is 0.414 e. The summed E-state index contributed by atoms with van der Waals surface area (Å²) in [6.45, 7) is 0. The van der Waals surface area contributed by atoms with Crippen molar-refractivity contribution in [3.05, 3.63) is 33.9 Å². The van der Waals surface area contributed by atoms with Crippen LogP contribution < -0.4 is 20.6 Å². The molecule has 11 nitrogen and oxygen atoms in total. The van der Waals surface area contributed by atoms with Crippen molar-refractivity contribution in [2.75, 3.05) is 21.2 Å². The van der Waals surface area contributed by atoms with Crippen molar-refractivity contribution in [3.8, 4) is 11.5 Å². The van der Waals surface area contributed by atoms with Gasteiger partial charge in [0, 0.05) is 14.1 Å². The molecule has 0 saturated carbocycles. The Morgan fingerprint density at radius 2 is 2.13 bits per heavy atom. The van der Waals surface area contributed by atoms with E-state index in [1.807, 2.05) is 0 Å². The molecule has 0 atom stereocenters. The normalized spacial score (nSPS) is 11.2. The largest absolute Gasteiger partial charge is 0.493 e. The molecular formula is C12H16N6O5. The molecule has 0 aliphatic heterocycles. The number of nitrogens with two attached hydrogens (primary N) is 1. The third-order valence-corrected chi connectivity index (χ3v) is 2.33. The van der Waals surface area contributed by atoms with Crippen LogP contribution in [0.3, 0.4) is 0 Å². The van der Waals surface area contributed by atoms with E-state index in [-0.39, 0.29) is 5.75 Å². The van der Waals surface area contributed by atoms with Crippen molar-refractivity contribution >= 4 is 18.3 Å². The highest BCUT2D eigenvalue weighted by Crippen LogP contribution is 2.27. The molecule has 11 heteroatoms. The van der Waals surface area contributed by atoms with Crippen LogP contribution in [0.4, 0.5) is 4.79 Å². The fourth-order valence-electron chi connectivity index (χ4n) is 1.31. The number of ether oxygens (including phenoxy) is 2. The highest BCUT2D eigenvalue weighted by Gasteiger charge is 2.11. The van der Waals surface area contributed by atoms with Crippen LogP contribution in [-0.4, -0.2) is 49.4 Å². The van der Waals surface area contributed by atoms with E-state index in [0.29, 0.717) is 11.3 Å². The summed E-state index contributed by atoms with van der Waals surface area (Å²) in [5, 5.41) is 16.2. The zero-order chi connectivity index (χ0) is 17.4. The van der Waals surface area contributed by atoms with E-state index in [4.69, 9.17) is 15.2 Å². The minimum Gasteiger partial charge on any atom is -0.493 e. The molecule has 0 heterocycles. The van der Waals surface area contributed by atoms with E-state index in [0.717, 1.165) is 0 Å². The van der Waals surface area contributed by atoms with Crippen molar-refractivity contribution < 1.29 is 19.3 Å². The molecule has 1 rings (SSSR count). The Hall–Kier alpha value is -3.37. The van der Waals surface area contributed by atoms with Crippen LogP contribution in [0, 0.1) is 10.1 Å². The van der Waals surface area contributed by atoms with Gasteiger partial charge in [-0.2, -0.15) is 5.10 Å². The monoisotopic (exact) mass is 324 g/mol. The summed E-state index contributed by atoms with van der Waals surface area (Å²) < 4.78 is 10.3. The lowest BCUT2D eigenvalue weighted by Crippen LogP contribution is -2.35. The summed E-state index contributed by atoms with van der Waals surface area (Å²) in [5.74, 6) is 0.0839. The van der Waals surface area contributed by atoms with Gasteiger partial charge in [0.2, 0.25) is 0 Å². The maximum Gasteiger partial charge on any atom is 0.414 e. The number of amides is 1. The Balaban J connectivity index is 2.87. The lowest BCUT2D eigenvalue weighted by atomic mass is 10.2. The van der Waals surface area contributed by atoms with E-state index in [1.54, 1.807) is 31.7 Å². The molecule has 1 aromatic carbocycles. The third kappa shape index (κ3) is 5.87. The summed E-state index contributed by atoms with van der Waals surface area (Å²) in [7, 11) is 4.52. The highest BCUT2D eigenvalue weighted by atomic mass is 16.7. The molecule has 0 unspecified atom stereocenters. The summed E-state index contributed by atoms with van der Waals surface area (Å²) in [6, 6.07) is 4.66. The van der Waals surface area contributed by atoms with Gasteiger partial charge in [0.25, 0.3) is 5.96 Å². The van der Waals surface area contributed by atoms with Gasteiger partial charge in [0.05, 0.1) is 13.3 Å². The predicted molar refractivity (Wildman–Crippen MR) is 82.1 cm³/mol. The van der Waals surface area contributed by atoms with E-state index in [2.05, 4.69) is 10.2 Å². The molecule has 124 valence electrons. The molecule has 0 bridgehead atoms. The maximum absolute atomic E-state index is 11.5. The summed E-state index contributed by atoms with van der Waals surface area (Å²) in [6.07, 6.45) is 0.752. The maximum atomic E-state index is 11.5. The van der Waals surface area contributed by atoms with Crippen molar-refractivity contribution in [3.63, 3.8) is 0 Å². The van der Waals surface area contributed by atoms with Crippen molar-refractivity contribution in [1.82, 2.24) is 10.3 Å². The van der Waals surface area contributed by atoms with Gasteiger partial charge in [-0.1, -0.05) is 5.43 Å². The van der Waals surface area contributed by atoms with Gasteiger partial charge in [-0.15, -0.1) is 5.10 Å². The Morgan fingerprint density at radius 1 is 1.43 bits per heavy atom. The van der Waals surface area contributed by atoms with Gasteiger partial charge in [-0.3, -0.25) is 0 Å². The molecule has 0 aliphatic rings. The van der Waals surface area contributed by atoms with Crippen LogP contribution in [0.2, 0.25) is 0 Å². The van der Waals surface area contributed by atoms with Crippen molar-refractivity contribution in [2.45, 2.75) is 0 Å². The molecule has 0 fully saturated rings. The number of carbonyl (C=O) groups excluding carboxylic acids is 1. The van der Waals surface area contributed by atoms with E-state index in [1.165, 1.54) is 24.3 Å². The molecule has 0 spiro atoms. The quantitative estimate of drug-likeness (QED) is 0.340. The summed E-state index contributed by atoms with van der Waals surface area (Å²) in [4.78, 5) is 22.9. The number of hydrazine groups is 1. The zero-order valence-electron chi connectivity index (χ0n) is 12.7. The number of hydrogen-bond acceptors (Lipinski definition) is 7. The molecular weight excluding hydrogens is 308 g/mol. The topological polar surface area (TPSA) is 145 Å². The van der Waals surface area contributed by atoms with Crippen LogP contribution in [0.15, 0.2) is 28.4 Å². The second kappa shape index (κ2) is 8.17. The van der Waals surface area contributed by atoms with E-state index in [9.17, 15) is 14.9 Å². The number of benzene rings is 1. The van der Waals surface area contributed by atoms with Gasteiger partial charge < -0.3 is 20.1 Å². The first kappa shape index (κ1) is 17.7. The third-order valence-electron chi connectivity index (χ3n) is 2.33. The zero-order valence-corrected chi connectivity index (χ0v) is 12.7. The number of nitro groups is 1. The molecule has 0 aromatic heterocycles. The second-order valence-corrected chi connectivity index (χ2v) is 4.27. The van der Waals surface area contributed by atoms with Crippen LogP contribution in [-0.2, 0) is 0 Å². The number of hydrogen-bond donors (Lipinski definition) is 2. The van der Waals surface area contributed by atoms with E-state index >= 15 is 0 Å². The number of carbonyl (C=O) groups is 1. The molecule has 0 saturated heterocycles. The molecule has 1 aromatic rings. The minimum atomic E-state index is -0.856. The average molecular weight is 324 g/mol. The van der Waals surface area contributed by atoms with Gasteiger partial charge in [-0.05, 0) is 23.8 Å². The first-order valence-electron chi connectivity index (χ1n) is 6.18. The Morgan fingerprint density at radius 3 is 2.70 bits per heavy atom. The SMILES string of the molecule is COc1cc(/C=N\N=C(N)N[N+](=O)[O-])ccc1OC(=O)N(C)C. The van der Waals surface area contributed by atoms with Crippen LogP contribution in [0.1, 0.15) is 5.56 Å². The van der Waals surface area contributed by atoms with Crippen molar-refractivity contribution in [2.24, 2.45) is 15.9 Å². The molecule has 0 radical (unpaired) electrons. The number of methoxy groups -OCH3 is 1. The number of rotatable bonds is 5. The van der Waals surface area contributed by atoms with Gasteiger partial charge >= 0.3 is 6.09 Å². The second-order valence-electron chi connectivity index (χ2n) is 4.27. The number of nitrogens with zero attached hydrogens (tertiary/aromatic N) is 4. The molecule has 1 amide bonds.